The summed E-state index contributed by atoms with van der Waals surface area (Å²) in [6.07, 6.45) is 0.111. The van der Waals surface area contributed by atoms with Gasteiger partial charge >= 0.3 is 0 Å². The highest BCUT2D eigenvalue weighted by molar-refractivity contribution is 7.89. The van der Waals surface area contributed by atoms with E-state index in [-0.39, 0.29) is 24.9 Å². The largest absolute Gasteiger partial charge is 0.355 e. The van der Waals surface area contributed by atoms with Crippen LogP contribution in [0.3, 0.4) is 0 Å². The van der Waals surface area contributed by atoms with Gasteiger partial charge in [-0.05, 0) is 75.9 Å². The van der Waals surface area contributed by atoms with Crippen molar-refractivity contribution >= 4 is 15.9 Å². The number of hydrogen-bond acceptors (Lipinski definition) is 4. The topological polar surface area (TPSA) is 87.3 Å². The van der Waals surface area contributed by atoms with Crippen LogP contribution in [0.5, 0.6) is 0 Å². The minimum absolute atomic E-state index is 0.0780. The molecule has 0 aliphatic rings. The fourth-order valence-corrected chi connectivity index (χ4v) is 4.64. The zero-order chi connectivity index (χ0) is 20.1. The van der Waals surface area contributed by atoms with Crippen LogP contribution >= 0.6 is 0 Å². The Morgan fingerprint density at radius 3 is 1.96 bits per heavy atom. The third-order valence-corrected chi connectivity index (χ3v) is 6.74. The second kappa shape index (κ2) is 9.48. The van der Waals surface area contributed by atoms with Crippen LogP contribution in [0.4, 0.5) is 0 Å². The zero-order valence-electron chi connectivity index (χ0n) is 17.0. The van der Waals surface area contributed by atoms with Crippen LogP contribution < -0.4 is 15.4 Å². The number of hydrogen-bond donors (Lipinski definition) is 3. The highest BCUT2D eigenvalue weighted by atomic mass is 32.2. The maximum atomic E-state index is 12.8. The standard InChI is InChI=1S/C19H33N3O3S/c1-8-20-12(2)11-21-18(23)9-10-22-26(24,25)19-16(6)14(4)13(3)15(5)17(19)7/h12,20,22H,8-11H2,1-7H3,(H,21,23)/t12-/m1/s1. The molecule has 0 heterocycles. The van der Waals surface area contributed by atoms with Crippen LogP contribution in [0.15, 0.2) is 4.90 Å². The molecule has 0 saturated carbocycles. The Morgan fingerprint density at radius 2 is 1.46 bits per heavy atom. The van der Waals surface area contributed by atoms with Crippen molar-refractivity contribution in [2.45, 2.75) is 65.8 Å². The summed E-state index contributed by atoms with van der Waals surface area (Å²) in [5.74, 6) is -0.165. The first-order chi connectivity index (χ1) is 12.0. The average Bonchev–Trinajstić information content (AvgIpc) is 2.56. The van der Waals surface area contributed by atoms with Gasteiger partial charge in [-0.1, -0.05) is 6.92 Å². The molecule has 1 atom stereocenters. The lowest BCUT2D eigenvalue weighted by Gasteiger charge is -2.19. The summed E-state index contributed by atoms with van der Waals surface area (Å²) in [6, 6.07) is 0.185. The van der Waals surface area contributed by atoms with Gasteiger partial charge in [-0.3, -0.25) is 4.79 Å². The van der Waals surface area contributed by atoms with Crippen molar-refractivity contribution in [3.05, 3.63) is 27.8 Å². The van der Waals surface area contributed by atoms with Crippen LogP contribution in [-0.4, -0.2) is 40.0 Å². The molecule has 1 rings (SSSR count). The maximum Gasteiger partial charge on any atom is 0.241 e. The molecule has 7 heteroatoms. The number of likely N-dealkylation sites (N-methyl/N-ethyl adjacent to an activating group) is 1. The molecule has 0 radical (unpaired) electrons. The third-order valence-electron chi connectivity index (χ3n) is 5.00. The quantitative estimate of drug-likeness (QED) is 0.609. The van der Waals surface area contributed by atoms with E-state index < -0.39 is 10.0 Å². The molecule has 0 saturated heterocycles. The van der Waals surface area contributed by atoms with Gasteiger partial charge in [-0.2, -0.15) is 0 Å². The Labute approximate surface area is 158 Å². The molecule has 148 valence electrons. The number of carbonyl (C=O) groups excluding carboxylic acids is 1. The van der Waals surface area contributed by atoms with E-state index in [1.165, 1.54) is 0 Å². The number of sulfonamides is 1. The van der Waals surface area contributed by atoms with E-state index in [1.54, 1.807) is 0 Å². The average molecular weight is 384 g/mol. The lowest BCUT2D eigenvalue weighted by molar-refractivity contribution is -0.121. The van der Waals surface area contributed by atoms with Crippen LogP contribution in [0, 0.1) is 34.6 Å². The first-order valence-electron chi connectivity index (χ1n) is 9.09. The molecule has 0 aliphatic heterocycles. The van der Waals surface area contributed by atoms with Gasteiger partial charge in [0.2, 0.25) is 15.9 Å². The van der Waals surface area contributed by atoms with E-state index in [4.69, 9.17) is 0 Å². The van der Waals surface area contributed by atoms with Gasteiger partial charge in [0.1, 0.15) is 0 Å². The van der Waals surface area contributed by atoms with Crippen molar-refractivity contribution in [1.82, 2.24) is 15.4 Å². The molecular formula is C19H33N3O3S. The molecule has 3 N–H and O–H groups in total. The molecule has 1 aromatic rings. The van der Waals surface area contributed by atoms with Gasteiger partial charge < -0.3 is 10.6 Å². The summed E-state index contributed by atoms with van der Waals surface area (Å²) in [6.45, 7) is 15.0. The SMILES string of the molecule is CCN[C@H](C)CNC(=O)CCNS(=O)(=O)c1c(C)c(C)c(C)c(C)c1C. The Balaban J connectivity index is 2.76. The van der Waals surface area contributed by atoms with E-state index in [1.807, 2.05) is 48.5 Å². The lowest BCUT2D eigenvalue weighted by atomic mass is 9.95. The van der Waals surface area contributed by atoms with Gasteiger partial charge in [-0.25, -0.2) is 13.1 Å². The van der Waals surface area contributed by atoms with Crippen LogP contribution in [0.1, 0.15) is 48.1 Å². The highest BCUT2D eigenvalue weighted by Crippen LogP contribution is 2.29. The summed E-state index contributed by atoms with van der Waals surface area (Å²) < 4.78 is 28.1. The van der Waals surface area contributed by atoms with E-state index in [0.29, 0.717) is 11.4 Å². The van der Waals surface area contributed by atoms with Crippen molar-refractivity contribution in [3.63, 3.8) is 0 Å². The fourth-order valence-electron chi connectivity index (χ4n) is 3.02. The van der Waals surface area contributed by atoms with Crippen molar-refractivity contribution in [2.24, 2.45) is 0 Å². The van der Waals surface area contributed by atoms with E-state index >= 15 is 0 Å². The monoisotopic (exact) mass is 383 g/mol. The number of carbonyl (C=O) groups is 1. The molecule has 0 aromatic heterocycles. The molecule has 0 spiro atoms. The number of benzene rings is 1. The van der Waals surface area contributed by atoms with Crippen molar-refractivity contribution < 1.29 is 13.2 Å². The summed E-state index contributed by atoms with van der Waals surface area (Å²) in [5, 5.41) is 6.01. The predicted octanol–water partition coefficient (Wildman–Crippen LogP) is 2.01. The molecule has 0 bridgehead atoms. The Kier molecular flexibility index (Phi) is 8.24. The smallest absolute Gasteiger partial charge is 0.241 e. The Morgan fingerprint density at radius 1 is 0.962 bits per heavy atom. The second-order valence-electron chi connectivity index (χ2n) is 6.86. The minimum Gasteiger partial charge on any atom is -0.355 e. The van der Waals surface area contributed by atoms with Gasteiger partial charge in [0.05, 0.1) is 4.90 Å². The van der Waals surface area contributed by atoms with Gasteiger partial charge in [0.25, 0.3) is 0 Å². The summed E-state index contributed by atoms with van der Waals surface area (Å²) in [5.41, 5.74) is 4.63. The zero-order valence-corrected chi connectivity index (χ0v) is 17.9. The summed E-state index contributed by atoms with van der Waals surface area (Å²) in [4.78, 5) is 12.2. The second-order valence-corrected chi connectivity index (χ2v) is 8.57. The Hall–Kier alpha value is -1.44. The number of nitrogens with one attached hydrogen (secondary N) is 3. The van der Waals surface area contributed by atoms with Crippen LogP contribution in [0.25, 0.3) is 0 Å². The number of amides is 1. The van der Waals surface area contributed by atoms with Crippen molar-refractivity contribution in [1.29, 1.82) is 0 Å². The normalized spacial score (nSPS) is 12.9. The van der Waals surface area contributed by atoms with E-state index in [9.17, 15) is 13.2 Å². The molecule has 0 fully saturated rings. The molecular weight excluding hydrogens is 350 g/mol. The molecule has 1 amide bonds. The number of rotatable bonds is 9. The summed E-state index contributed by atoms with van der Waals surface area (Å²) in [7, 11) is -3.66. The Bertz CT molecular complexity index is 729. The van der Waals surface area contributed by atoms with E-state index in [2.05, 4.69) is 15.4 Å². The van der Waals surface area contributed by atoms with Gasteiger partial charge in [-0.15, -0.1) is 0 Å². The third kappa shape index (κ3) is 5.53. The lowest BCUT2D eigenvalue weighted by Crippen LogP contribution is -2.39. The van der Waals surface area contributed by atoms with E-state index in [0.717, 1.165) is 34.4 Å². The first-order valence-corrected chi connectivity index (χ1v) is 10.6. The molecule has 1 aromatic carbocycles. The maximum absolute atomic E-state index is 12.8. The van der Waals surface area contributed by atoms with Gasteiger partial charge in [0.15, 0.2) is 0 Å². The van der Waals surface area contributed by atoms with Crippen LogP contribution in [-0.2, 0) is 14.8 Å². The molecule has 0 unspecified atom stereocenters. The first kappa shape index (κ1) is 22.6. The predicted molar refractivity (Wildman–Crippen MR) is 106 cm³/mol. The van der Waals surface area contributed by atoms with Crippen LogP contribution in [0.2, 0.25) is 0 Å². The fraction of sp³-hybridized carbons (Fsp3) is 0.632. The summed E-state index contributed by atoms with van der Waals surface area (Å²) >= 11 is 0. The van der Waals surface area contributed by atoms with Crippen molar-refractivity contribution in [3.8, 4) is 0 Å². The molecule has 26 heavy (non-hydrogen) atoms. The minimum atomic E-state index is -3.66. The highest BCUT2D eigenvalue weighted by Gasteiger charge is 2.23. The van der Waals surface area contributed by atoms with Crippen molar-refractivity contribution in [2.75, 3.05) is 19.6 Å². The molecule has 6 nitrogen and oxygen atoms in total. The van der Waals surface area contributed by atoms with Gasteiger partial charge in [0, 0.05) is 25.6 Å². The molecule has 0 aliphatic carbocycles.